The molecule has 5 heteroatoms. The molecule has 0 aromatic heterocycles. The molecule has 0 bridgehead atoms. The van der Waals surface area contributed by atoms with Gasteiger partial charge in [0.2, 0.25) is 0 Å². The third-order valence-corrected chi connectivity index (χ3v) is 3.47. The van der Waals surface area contributed by atoms with Crippen molar-refractivity contribution >= 4 is 11.9 Å². The lowest BCUT2D eigenvalue weighted by Crippen LogP contribution is -2.34. The van der Waals surface area contributed by atoms with Crippen molar-refractivity contribution in [1.29, 1.82) is 0 Å². The van der Waals surface area contributed by atoms with Crippen LogP contribution < -0.4 is 15.2 Å². The zero-order valence-corrected chi connectivity index (χ0v) is 13.5. The number of hydrogen-bond acceptors (Lipinski definition) is 4. The molecule has 0 aliphatic rings. The van der Waals surface area contributed by atoms with Crippen LogP contribution in [0.1, 0.15) is 41.7 Å². The predicted molar refractivity (Wildman–Crippen MR) is 88.5 cm³/mol. The highest BCUT2D eigenvalue weighted by Gasteiger charge is 2.16. The Bertz CT molecular complexity index is 668. The van der Waals surface area contributed by atoms with Crippen LogP contribution in [0.15, 0.2) is 54.6 Å². The predicted octanol–water partition coefficient (Wildman–Crippen LogP) is 2.09. The van der Waals surface area contributed by atoms with E-state index in [0.717, 1.165) is 6.42 Å². The van der Waals surface area contributed by atoms with Crippen LogP contribution in [0.5, 0.6) is 5.75 Å². The van der Waals surface area contributed by atoms with Crippen LogP contribution in [-0.4, -0.2) is 18.5 Å². The van der Waals surface area contributed by atoms with Crippen LogP contribution >= 0.6 is 0 Å². The minimum absolute atomic E-state index is 0.298. The molecule has 0 saturated heterocycles. The Morgan fingerprint density at radius 2 is 1.75 bits per heavy atom. The molecule has 1 N–H and O–H groups in total. The summed E-state index contributed by atoms with van der Waals surface area (Å²) >= 11 is 0. The van der Waals surface area contributed by atoms with Crippen molar-refractivity contribution in [2.45, 2.75) is 25.8 Å². The van der Waals surface area contributed by atoms with Crippen LogP contribution in [0.2, 0.25) is 0 Å². The average molecular weight is 326 g/mol. The van der Waals surface area contributed by atoms with Crippen molar-refractivity contribution in [2.75, 3.05) is 6.61 Å². The van der Waals surface area contributed by atoms with Gasteiger partial charge in [-0.25, -0.2) is 0 Å². The van der Waals surface area contributed by atoms with Crippen molar-refractivity contribution in [1.82, 2.24) is 5.32 Å². The Kier molecular flexibility index (Phi) is 6.37. The number of nitrogens with one attached hydrogen (secondary N) is 1. The van der Waals surface area contributed by atoms with Gasteiger partial charge in [0.1, 0.15) is 5.75 Å². The highest BCUT2D eigenvalue weighted by molar-refractivity contribution is 5.94. The zero-order valence-electron chi connectivity index (χ0n) is 13.5. The Morgan fingerprint density at radius 1 is 1.08 bits per heavy atom. The van der Waals surface area contributed by atoms with Crippen molar-refractivity contribution in [3.63, 3.8) is 0 Å². The molecule has 0 heterocycles. The molecule has 5 nitrogen and oxygen atoms in total. The van der Waals surface area contributed by atoms with E-state index in [-0.39, 0.29) is 12.3 Å². The highest BCUT2D eigenvalue weighted by Crippen LogP contribution is 2.21. The Morgan fingerprint density at radius 3 is 2.33 bits per heavy atom. The van der Waals surface area contributed by atoms with Gasteiger partial charge in [0.25, 0.3) is 5.91 Å². The number of carbonyl (C=O) groups is 2. The second-order valence-electron chi connectivity index (χ2n) is 5.39. The summed E-state index contributed by atoms with van der Waals surface area (Å²) in [4.78, 5) is 23.3. The van der Waals surface area contributed by atoms with Crippen LogP contribution in [-0.2, 0) is 4.79 Å². The number of aliphatic carboxylic acids is 1. The Labute approximate surface area is 141 Å². The molecule has 0 unspecified atom stereocenters. The average Bonchev–Trinajstić information content (AvgIpc) is 2.60. The molecule has 0 fully saturated rings. The molecule has 2 rings (SSSR count). The summed E-state index contributed by atoms with van der Waals surface area (Å²) in [5, 5.41) is 13.8. The van der Waals surface area contributed by atoms with Crippen LogP contribution in [0.3, 0.4) is 0 Å². The maximum Gasteiger partial charge on any atom is 0.251 e. The number of rotatable bonds is 8. The lowest BCUT2D eigenvalue weighted by molar-refractivity contribution is -0.306. The fraction of sp³-hybridized carbons (Fsp3) is 0.263. The summed E-state index contributed by atoms with van der Waals surface area (Å²) in [7, 11) is 0. The Hall–Kier alpha value is -2.82. The van der Waals surface area contributed by atoms with E-state index in [1.54, 1.807) is 48.5 Å². The highest BCUT2D eigenvalue weighted by atomic mass is 16.5. The summed E-state index contributed by atoms with van der Waals surface area (Å²) in [6.07, 6.45) is 0.607. The van der Waals surface area contributed by atoms with Gasteiger partial charge < -0.3 is 20.0 Å². The molecule has 126 valence electrons. The maximum atomic E-state index is 12.3. The topological polar surface area (TPSA) is 78.5 Å². The van der Waals surface area contributed by atoms with Gasteiger partial charge in [0.15, 0.2) is 0 Å². The number of carboxylic acids is 1. The van der Waals surface area contributed by atoms with Gasteiger partial charge in [-0.15, -0.1) is 0 Å². The molecular weight excluding hydrogens is 306 g/mol. The Balaban J connectivity index is 2.12. The molecule has 2 aromatic rings. The van der Waals surface area contributed by atoms with Gasteiger partial charge in [0.05, 0.1) is 12.6 Å². The summed E-state index contributed by atoms with van der Waals surface area (Å²) in [5.41, 5.74) is 1.16. The minimum Gasteiger partial charge on any atom is -0.550 e. The van der Waals surface area contributed by atoms with Crippen LogP contribution in [0.25, 0.3) is 0 Å². The molecular formula is C19H20NO4-. The molecule has 0 radical (unpaired) electrons. The largest absolute Gasteiger partial charge is 0.550 e. The van der Waals surface area contributed by atoms with E-state index >= 15 is 0 Å². The van der Waals surface area contributed by atoms with Gasteiger partial charge in [-0.2, -0.15) is 0 Å². The van der Waals surface area contributed by atoms with Gasteiger partial charge in [-0.1, -0.05) is 37.3 Å². The molecule has 0 spiro atoms. The van der Waals surface area contributed by atoms with Crippen molar-refractivity contribution in [3.05, 3.63) is 65.7 Å². The fourth-order valence-corrected chi connectivity index (χ4v) is 2.27. The second-order valence-corrected chi connectivity index (χ2v) is 5.39. The maximum absolute atomic E-state index is 12.3. The van der Waals surface area contributed by atoms with Gasteiger partial charge >= 0.3 is 0 Å². The van der Waals surface area contributed by atoms with E-state index in [9.17, 15) is 14.7 Å². The van der Waals surface area contributed by atoms with Crippen molar-refractivity contribution in [3.8, 4) is 5.75 Å². The lowest BCUT2D eigenvalue weighted by atomic mass is 10.0. The van der Waals surface area contributed by atoms with E-state index < -0.39 is 12.0 Å². The molecule has 0 saturated carbocycles. The summed E-state index contributed by atoms with van der Waals surface area (Å²) < 4.78 is 5.51. The first-order valence-electron chi connectivity index (χ1n) is 7.88. The number of amides is 1. The lowest BCUT2D eigenvalue weighted by Gasteiger charge is -2.20. The summed E-state index contributed by atoms with van der Waals surface area (Å²) in [6, 6.07) is 15.0. The van der Waals surface area contributed by atoms with Gasteiger partial charge in [-0.3, -0.25) is 4.79 Å². The summed E-state index contributed by atoms with van der Waals surface area (Å²) in [5.74, 6) is -0.838. The van der Waals surface area contributed by atoms with E-state index in [1.807, 2.05) is 13.0 Å². The smallest absolute Gasteiger partial charge is 0.251 e. The SMILES string of the molecule is CCCOc1ccc([C@@H](CC(=O)[O-])NC(=O)c2ccccc2)cc1. The van der Waals surface area contributed by atoms with Gasteiger partial charge in [0, 0.05) is 18.0 Å². The monoisotopic (exact) mass is 326 g/mol. The fourth-order valence-electron chi connectivity index (χ4n) is 2.27. The number of carboxylic acid groups (broad SMARTS) is 1. The van der Waals surface area contributed by atoms with E-state index in [1.165, 1.54) is 0 Å². The standard InChI is InChI=1S/C19H21NO4/c1-2-12-24-16-10-8-14(9-11-16)17(13-18(21)22)20-19(23)15-6-4-3-5-7-15/h3-11,17H,2,12-13H2,1H3,(H,20,23)(H,21,22)/p-1/t17-/m1/s1. The number of ether oxygens (including phenoxy) is 1. The molecule has 0 aliphatic carbocycles. The zero-order chi connectivity index (χ0) is 17.4. The minimum atomic E-state index is -1.22. The first kappa shape index (κ1) is 17.5. The third kappa shape index (κ3) is 5.12. The molecule has 1 amide bonds. The summed E-state index contributed by atoms with van der Waals surface area (Å²) in [6.45, 7) is 2.63. The first-order valence-corrected chi connectivity index (χ1v) is 7.88. The third-order valence-electron chi connectivity index (χ3n) is 3.47. The van der Waals surface area contributed by atoms with E-state index in [0.29, 0.717) is 23.5 Å². The van der Waals surface area contributed by atoms with Crippen LogP contribution in [0, 0.1) is 0 Å². The normalized spacial score (nSPS) is 11.5. The van der Waals surface area contributed by atoms with Gasteiger partial charge in [-0.05, 0) is 36.2 Å². The number of benzene rings is 2. The molecule has 2 aromatic carbocycles. The van der Waals surface area contributed by atoms with Crippen molar-refractivity contribution in [2.24, 2.45) is 0 Å². The quantitative estimate of drug-likeness (QED) is 0.805. The number of carbonyl (C=O) groups excluding carboxylic acids is 2. The second kappa shape index (κ2) is 8.72. The molecule has 1 atom stereocenters. The molecule has 24 heavy (non-hydrogen) atoms. The number of hydrogen-bond donors (Lipinski definition) is 1. The van der Waals surface area contributed by atoms with E-state index in [2.05, 4.69) is 5.32 Å². The van der Waals surface area contributed by atoms with E-state index in [4.69, 9.17) is 4.74 Å². The van der Waals surface area contributed by atoms with Crippen molar-refractivity contribution < 1.29 is 19.4 Å². The first-order chi connectivity index (χ1) is 11.6. The van der Waals surface area contributed by atoms with Crippen LogP contribution in [0.4, 0.5) is 0 Å². The molecule has 0 aliphatic heterocycles.